The molecule has 1 aromatic heterocycles. The van der Waals surface area contributed by atoms with Gasteiger partial charge in [0.1, 0.15) is 6.04 Å². The number of amides is 2. The number of aliphatic carboxylic acids is 1. The molecule has 0 unspecified atom stereocenters. The maximum absolute atomic E-state index is 13.2. The average molecular weight is 587 g/mol. The van der Waals surface area contributed by atoms with Crippen molar-refractivity contribution in [3.05, 3.63) is 62.7 Å². The molecule has 2 N–H and O–H groups in total. The SMILES string of the molecule is COC(=O)C1=C(CN2CCN3C(=O)N(CC(C)(C)C(=O)O)C[C@@H]3C2)NC(c2nccs2)=N[C@H]1c1ccc(Cl)cc1. The van der Waals surface area contributed by atoms with Gasteiger partial charge in [-0.15, -0.1) is 11.3 Å². The van der Waals surface area contributed by atoms with Crippen molar-refractivity contribution in [1.82, 2.24) is 25.0 Å². The Morgan fingerprint density at radius 1 is 1.23 bits per heavy atom. The van der Waals surface area contributed by atoms with Crippen molar-refractivity contribution in [2.45, 2.75) is 25.9 Å². The lowest BCUT2D eigenvalue weighted by atomic mass is 9.93. The Kier molecular flexibility index (Phi) is 7.85. The van der Waals surface area contributed by atoms with Gasteiger partial charge in [0.05, 0.1) is 24.1 Å². The second kappa shape index (κ2) is 11.2. The van der Waals surface area contributed by atoms with E-state index < -0.39 is 23.4 Å². The summed E-state index contributed by atoms with van der Waals surface area (Å²) in [6.07, 6.45) is 1.70. The van der Waals surface area contributed by atoms with Crippen molar-refractivity contribution < 1.29 is 24.2 Å². The van der Waals surface area contributed by atoms with Crippen molar-refractivity contribution >= 4 is 46.7 Å². The summed E-state index contributed by atoms with van der Waals surface area (Å²) >= 11 is 7.58. The van der Waals surface area contributed by atoms with Crippen molar-refractivity contribution in [3.8, 4) is 0 Å². The smallest absolute Gasteiger partial charge is 0.338 e. The number of halogens is 1. The Morgan fingerprint density at radius 2 is 1.98 bits per heavy atom. The number of esters is 1. The number of nitrogens with one attached hydrogen (secondary N) is 1. The molecule has 5 rings (SSSR count). The van der Waals surface area contributed by atoms with Gasteiger partial charge in [-0.2, -0.15) is 0 Å². The summed E-state index contributed by atoms with van der Waals surface area (Å²) in [5.74, 6) is -0.860. The molecular weight excluding hydrogens is 556 g/mol. The van der Waals surface area contributed by atoms with E-state index in [4.69, 9.17) is 21.3 Å². The molecule has 212 valence electrons. The predicted molar refractivity (Wildman–Crippen MR) is 150 cm³/mol. The zero-order valence-electron chi connectivity index (χ0n) is 22.5. The van der Waals surface area contributed by atoms with Crippen molar-refractivity contribution in [2.24, 2.45) is 10.4 Å². The fraction of sp³-hybridized carbons (Fsp3) is 0.444. The molecule has 0 radical (unpaired) electrons. The van der Waals surface area contributed by atoms with Crippen LogP contribution in [0.1, 0.15) is 30.5 Å². The molecule has 1 aromatic carbocycles. The number of carboxylic acids is 1. The van der Waals surface area contributed by atoms with Gasteiger partial charge in [0.25, 0.3) is 0 Å². The van der Waals surface area contributed by atoms with E-state index >= 15 is 0 Å². The van der Waals surface area contributed by atoms with E-state index in [1.165, 1.54) is 18.4 Å². The Balaban J connectivity index is 1.41. The molecule has 2 saturated heterocycles. The number of piperazine rings is 1. The maximum Gasteiger partial charge on any atom is 0.338 e. The number of aromatic nitrogens is 1. The number of carboxylic acid groups (broad SMARTS) is 1. The zero-order valence-corrected chi connectivity index (χ0v) is 24.0. The van der Waals surface area contributed by atoms with Gasteiger partial charge in [0.2, 0.25) is 0 Å². The standard InChI is InChI=1S/C27H31ClN6O5S/c1-27(2,25(36)37)15-33-13-18-12-32(9-10-34(18)26(33)38)14-19-20(24(35)39-3)21(16-4-6-17(28)7-5-16)31-22(30-19)23-29-8-11-40-23/h4-8,11,18,21H,9-10,12-15H2,1-3H3,(H,30,31)(H,36,37)/t18-,21-/m0/s1. The summed E-state index contributed by atoms with van der Waals surface area (Å²) in [6.45, 7) is 5.91. The minimum Gasteiger partial charge on any atom is -0.481 e. The first-order valence-electron chi connectivity index (χ1n) is 12.9. The van der Waals surface area contributed by atoms with Crippen LogP contribution in [0.4, 0.5) is 4.79 Å². The summed E-state index contributed by atoms with van der Waals surface area (Å²) in [7, 11) is 1.35. The Bertz CT molecular complexity index is 1360. The minimum absolute atomic E-state index is 0.0872. The quantitative estimate of drug-likeness (QED) is 0.452. The second-order valence-electron chi connectivity index (χ2n) is 10.7. The molecule has 3 aliphatic rings. The summed E-state index contributed by atoms with van der Waals surface area (Å²) < 4.78 is 5.20. The van der Waals surface area contributed by atoms with Crippen molar-refractivity contribution in [1.29, 1.82) is 0 Å². The summed E-state index contributed by atoms with van der Waals surface area (Å²) in [4.78, 5) is 52.8. The Morgan fingerprint density at radius 3 is 2.62 bits per heavy atom. The number of carbonyl (C=O) groups is 3. The fourth-order valence-electron chi connectivity index (χ4n) is 5.29. The van der Waals surface area contributed by atoms with E-state index in [0.717, 1.165) is 5.56 Å². The van der Waals surface area contributed by atoms with Crippen LogP contribution in [0.5, 0.6) is 0 Å². The summed E-state index contributed by atoms with van der Waals surface area (Å²) in [5, 5.41) is 16.0. The number of amidine groups is 1. The van der Waals surface area contributed by atoms with E-state index in [0.29, 0.717) is 59.9 Å². The largest absolute Gasteiger partial charge is 0.481 e. The van der Waals surface area contributed by atoms with Crippen molar-refractivity contribution in [2.75, 3.05) is 46.4 Å². The number of hydrogen-bond acceptors (Lipinski definition) is 9. The Labute approximate surface area is 241 Å². The van der Waals surface area contributed by atoms with Gasteiger partial charge in [0.15, 0.2) is 10.8 Å². The van der Waals surface area contributed by atoms with Crippen LogP contribution in [0.25, 0.3) is 0 Å². The zero-order chi connectivity index (χ0) is 28.6. The lowest BCUT2D eigenvalue weighted by Crippen LogP contribution is -2.53. The first-order chi connectivity index (χ1) is 19.1. The molecule has 4 heterocycles. The van der Waals surface area contributed by atoms with Crippen molar-refractivity contribution in [3.63, 3.8) is 0 Å². The van der Waals surface area contributed by atoms with E-state index in [1.807, 2.05) is 22.4 Å². The predicted octanol–water partition coefficient (Wildman–Crippen LogP) is 2.85. The number of fused-ring (bicyclic) bond motifs is 1. The van der Waals surface area contributed by atoms with Gasteiger partial charge >= 0.3 is 18.0 Å². The fourth-order valence-corrected chi connectivity index (χ4v) is 6.01. The number of carbonyl (C=O) groups excluding carboxylic acids is 2. The minimum atomic E-state index is -1.04. The average Bonchev–Trinajstić information content (AvgIpc) is 3.56. The highest BCUT2D eigenvalue weighted by Gasteiger charge is 2.44. The number of rotatable bonds is 8. The highest BCUT2D eigenvalue weighted by molar-refractivity contribution is 7.11. The van der Waals surface area contributed by atoms with Crippen LogP contribution in [0, 0.1) is 5.41 Å². The number of aliphatic imine (C=N–C) groups is 1. The third-order valence-corrected chi connectivity index (χ3v) is 8.44. The summed E-state index contributed by atoms with van der Waals surface area (Å²) in [5.41, 5.74) is 0.813. The molecule has 0 aliphatic carbocycles. The topological polar surface area (TPSA) is 128 Å². The van der Waals surface area contributed by atoms with Crippen LogP contribution < -0.4 is 5.32 Å². The number of hydrogen-bond donors (Lipinski definition) is 2. The monoisotopic (exact) mass is 586 g/mol. The van der Waals surface area contributed by atoms with Crippen LogP contribution in [0.2, 0.25) is 5.02 Å². The molecule has 13 heteroatoms. The first kappa shape index (κ1) is 28.1. The van der Waals surface area contributed by atoms with Gasteiger partial charge in [0, 0.05) is 61.6 Å². The summed E-state index contributed by atoms with van der Waals surface area (Å²) in [6, 6.07) is 6.37. The van der Waals surface area contributed by atoms with Gasteiger partial charge in [-0.3, -0.25) is 14.7 Å². The molecule has 2 amide bonds. The number of nitrogens with zero attached hydrogens (tertiary/aromatic N) is 5. The second-order valence-corrected chi connectivity index (χ2v) is 12.0. The van der Waals surface area contributed by atoms with Crippen LogP contribution in [0.3, 0.4) is 0 Å². The Hall–Kier alpha value is -3.48. The first-order valence-corrected chi connectivity index (χ1v) is 14.2. The van der Waals surface area contributed by atoms with Gasteiger partial charge in [-0.05, 0) is 31.5 Å². The normalized spacial score (nSPS) is 21.7. The van der Waals surface area contributed by atoms with E-state index in [-0.39, 0.29) is 18.6 Å². The van der Waals surface area contributed by atoms with Crippen LogP contribution in [-0.2, 0) is 14.3 Å². The van der Waals surface area contributed by atoms with Crippen LogP contribution >= 0.6 is 22.9 Å². The van der Waals surface area contributed by atoms with Gasteiger partial charge in [-0.1, -0.05) is 23.7 Å². The third kappa shape index (κ3) is 5.56. The lowest BCUT2D eigenvalue weighted by molar-refractivity contribution is -0.147. The molecule has 11 nitrogen and oxygen atoms in total. The highest BCUT2D eigenvalue weighted by atomic mass is 35.5. The number of urea groups is 1. The van der Waals surface area contributed by atoms with Gasteiger partial charge < -0.3 is 25.0 Å². The number of methoxy groups -OCH3 is 1. The van der Waals surface area contributed by atoms with E-state index in [9.17, 15) is 19.5 Å². The molecule has 2 fully saturated rings. The maximum atomic E-state index is 13.2. The highest BCUT2D eigenvalue weighted by Crippen LogP contribution is 2.34. The van der Waals surface area contributed by atoms with Crippen LogP contribution in [0.15, 0.2) is 52.1 Å². The van der Waals surface area contributed by atoms with Gasteiger partial charge in [-0.25, -0.2) is 14.6 Å². The number of thiazole rings is 1. The van der Waals surface area contributed by atoms with Crippen LogP contribution in [-0.4, -0.2) is 101 Å². The van der Waals surface area contributed by atoms with E-state index in [1.54, 1.807) is 37.1 Å². The molecule has 0 bridgehead atoms. The molecule has 2 aromatic rings. The molecule has 40 heavy (non-hydrogen) atoms. The molecule has 0 saturated carbocycles. The molecule has 0 spiro atoms. The third-order valence-electron chi connectivity index (χ3n) is 7.41. The molecular formula is C27H31ClN6O5S. The number of benzene rings is 1. The lowest BCUT2D eigenvalue weighted by Gasteiger charge is -2.38. The molecule has 2 atom stereocenters. The van der Waals surface area contributed by atoms with E-state index in [2.05, 4.69) is 15.2 Å². The number of ether oxygens (including phenoxy) is 1. The molecule has 3 aliphatic heterocycles.